The fraction of sp³-hybridized carbons (Fsp3) is 0.346. The lowest BCUT2D eigenvalue weighted by atomic mass is 9.63. The Bertz CT molecular complexity index is 1260. The smallest absolute Gasteiger partial charge is 0.261 e. The molecule has 2 saturated carbocycles. The lowest BCUT2D eigenvalue weighted by Crippen LogP contribution is -2.45. The molecule has 4 aliphatic carbocycles. The SMILES string of the molecule is Cc1ccc(Cl)cc1N(CN1C(=O)C2C3C=CC(C4CC34)C2C1=O)C(=O)c1ccc(Cl)cc1Cl. The fourth-order valence-electron chi connectivity index (χ4n) is 6.23. The van der Waals surface area contributed by atoms with Crippen molar-refractivity contribution in [3.8, 4) is 0 Å². The molecule has 2 bridgehead atoms. The quantitative estimate of drug-likeness (QED) is 0.393. The van der Waals surface area contributed by atoms with Crippen LogP contribution in [0.15, 0.2) is 48.6 Å². The molecule has 3 fully saturated rings. The summed E-state index contributed by atoms with van der Waals surface area (Å²) in [5, 5.41) is 1.04. The Kier molecular flexibility index (Phi) is 5.11. The predicted molar refractivity (Wildman–Crippen MR) is 131 cm³/mol. The molecule has 6 unspecified atom stereocenters. The van der Waals surface area contributed by atoms with E-state index in [1.54, 1.807) is 30.3 Å². The van der Waals surface area contributed by atoms with Gasteiger partial charge in [-0.25, -0.2) is 0 Å². The van der Waals surface area contributed by atoms with E-state index in [-0.39, 0.29) is 52.7 Å². The van der Waals surface area contributed by atoms with Crippen LogP contribution in [-0.4, -0.2) is 29.3 Å². The molecule has 8 heteroatoms. The molecule has 5 aliphatic rings. The van der Waals surface area contributed by atoms with Crippen molar-refractivity contribution in [1.29, 1.82) is 0 Å². The van der Waals surface area contributed by atoms with Gasteiger partial charge in [0.1, 0.15) is 6.67 Å². The standard InChI is InChI=1S/C26H21Cl3N2O3/c1-12-2-3-14(28)9-21(12)30(24(32)17-5-4-13(27)8-20(17)29)11-31-25(33)22-15-6-7-16(19-10-18(15)19)23(22)26(31)34/h2-9,15-16,18-19,22-23H,10-11H2,1H3. The minimum absolute atomic E-state index is 0.115. The third-order valence-electron chi connectivity index (χ3n) is 7.91. The maximum absolute atomic E-state index is 13.8. The Balaban J connectivity index is 1.38. The van der Waals surface area contributed by atoms with Crippen LogP contribution in [0, 0.1) is 42.4 Å². The minimum Gasteiger partial charge on any atom is -0.289 e. The van der Waals surface area contributed by atoms with Crippen LogP contribution in [0.1, 0.15) is 22.3 Å². The zero-order valence-electron chi connectivity index (χ0n) is 18.3. The normalized spacial score (nSPS) is 30.4. The van der Waals surface area contributed by atoms with Crippen molar-refractivity contribution in [1.82, 2.24) is 4.90 Å². The largest absolute Gasteiger partial charge is 0.289 e. The average Bonchev–Trinajstić information content (AvgIpc) is 3.59. The highest BCUT2D eigenvalue weighted by Gasteiger charge is 2.67. The molecule has 0 aromatic heterocycles. The first kappa shape index (κ1) is 22.1. The van der Waals surface area contributed by atoms with E-state index >= 15 is 0 Å². The maximum atomic E-state index is 13.8. The van der Waals surface area contributed by atoms with E-state index in [1.807, 2.05) is 6.92 Å². The highest BCUT2D eigenvalue weighted by Crippen LogP contribution is 2.65. The maximum Gasteiger partial charge on any atom is 0.261 e. The highest BCUT2D eigenvalue weighted by atomic mass is 35.5. The zero-order valence-corrected chi connectivity index (χ0v) is 20.5. The molecule has 0 N–H and O–H groups in total. The second kappa shape index (κ2) is 7.84. The van der Waals surface area contributed by atoms with Crippen molar-refractivity contribution in [2.75, 3.05) is 11.6 Å². The number of allylic oxidation sites excluding steroid dienone is 2. The Hall–Kier alpha value is -2.34. The molecular formula is C26H21Cl3N2O3. The summed E-state index contributed by atoms with van der Waals surface area (Å²) in [6.45, 7) is 1.65. The summed E-state index contributed by atoms with van der Waals surface area (Å²) in [7, 11) is 0. The molecule has 174 valence electrons. The third kappa shape index (κ3) is 3.24. The summed E-state index contributed by atoms with van der Waals surface area (Å²) in [6, 6.07) is 9.82. The van der Waals surface area contributed by atoms with Crippen LogP contribution in [0.2, 0.25) is 15.1 Å². The number of rotatable bonds is 4. The van der Waals surface area contributed by atoms with Gasteiger partial charge in [-0.3, -0.25) is 24.2 Å². The topological polar surface area (TPSA) is 57.7 Å². The van der Waals surface area contributed by atoms with Crippen LogP contribution in [-0.2, 0) is 9.59 Å². The number of hydrogen-bond acceptors (Lipinski definition) is 3. The van der Waals surface area contributed by atoms with Gasteiger partial charge in [0.05, 0.1) is 28.1 Å². The minimum atomic E-state index is -0.438. The van der Waals surface area contributed by atoms with Crippen LogP contribution in [0.3, 0.4) is 0 Å². The van der Waals surface area contributed by atoms with Crippen molar-refractivity contribution < 1.29 is 14.4 Å². The summed E-state index contributed by atoms with van der Waals surface area (Å²) in [4.78, 5) is 43.5. The van der Waals surface area contributed by atoms with Gasteiger partial charge in [-0.1, -0.05) is 53.0 Å². The number of nitrogens with zero attached hydrogens (tertiary/aromatic N) is 2. The molecule has 6 atom stereocenters. The first-order chi connectivity index (χ1) is 16.3. The molecule has 3 amide bonds. The molecular weight excluding hydrogens is 495 g/mol. The number of imide groups is 1. The summed E-state index contributed by atoms with van der Waals surface area (Å²) in [5.74, 6) is -0.244. The number of halogens is 3. The van der Waals surface area contributed by atoms with Crippen LogP contribution in [0.5, 0.6) is 0 Å². The van der Waals surface area contributed by atoms with Gasteiger partial charge in [0.2, 0.25) is 11.8 Å². The van der Waals surface area contributed by atoms with Crippen molar-refractivity contribution in [2.45, 2.75) is 13.3 Å². The van der Waals surface area contributed by atoms with Gasteiger partial charge >= 0.3 is 0 Å². The number of carbonyl (C=O) groups excluding carboxylic acids is 3. The Morgan fingerprint density at radius 1 is 0.941 bits per heavy atom. The monoisotopic (exact) mass is 514 g/mol. The highest BCUT2D eigenvalue weighted by molar-refractivity contribution is 6.37. The second-order valence-corrected chi connectivity index (χ2v) is 11.0. The van der Waals surface area contributed by atoms with Crippen LogP contribution >= 0.6 is 34.8 Å². The van der Waals surface area contributed by atoms with Gasteiger partial charge in [-0.05, 0) is 72.9 Å². The van der Waals surface area contributed by atoms with Gasteiger partial charge < -0.3 is 0 Å². The van der Waals surface area contributed by atoms with Gasteiger partial charge in [-0.15, -0.1) is 0 Å². The summed E-state index contributed by atoms with van der Waals surface area (Å²) in [5.41, 5.74) is 1.52. The first-order valence-corrected chi connectivity index (χ1v) is 12.5. The molecule has 7 rings (SSSR count). The second-order valence-electron chi connectivity index (χ2n) is 9.69. The summed E-state index contributed by atoms with van der Waals surface area (Å²) < 4.78 is 0. The number of anilines is 1. The molecule has 2 aromatic rings. The van der Waals surface area contributed by atoms with Crippen LogP contribution < -0.4 is 4.90 Å². The lowest BCUT2D eigenvalue weighted by Gasteiger charge is -2.37. The first-order valence-electron chi connectivity index (χ1n) is 11.3. The van der Waals surface area contributed by atoms with E-state index in [0.29, 0.717) is 27.6 Å². The van der Waals surface area contributed by atoms with Crippen molar-refractivity contribution >= 4 is 58.2 Å². The molecule has 1 saturated heterocycles. The Morgan fingerprint density at radius 3 is 2.15 bits per heavy atom. The van der Waals surface area contributed by atoms with E-state index in [4.69, 9.17) is 34.8 Å². The molecule has 5 nitrogen and oxygen atoms in total. The summed E-state index contributed by atoms with van der Waals surface area (Å²) >= 11 is 18.6. The Morgan fingerprint density at radius 2 is 1.53 bits per heavy atom. The molecule has 34 heavy (non-hydrogen) atoms. The van der Waals surface area contributed by atoms with Crippen molar-refractivity contribution in [2.24, 2.45) is 35.5 Å². The van der Waals surface area contributed by atoms with E-state index in [0.717, 1.165) is 12.0 Å². The molecule has 1 aliphatic heterocycles. The number of aryl methyl sites for hydroxylation is 1. The predicted octanol–water partition coefficient (Wildman–Crippen LogP) is 5.61. The van der Waals surface area contributed by atoms with Gasteiger partial charge in [0.25, 0.3) is 5.91 Å². The summed E-state index contributed by atoms with van der Waals surface area (Å²) in [6.07, 6.45) is 5.36. The van der Waals surface area contributed by atoms with Crippen molar-refractivity contribution in [3.05, 3.63) is 74.7 Å². The lowest BCUT2D eigenvalue weighted by molar-refractivity contribution is -0.140. The van der Waals surface area contributed by atoms with E-state index in [2.05, 4.69) is 12.2 Å². The zero-order chi connectivity index (χ0) is 23.9. The van der Waals surface area contributed by atoms with Gasteiger partial charge in [-0.2, -0.15) is 0 Å². The third-order valence-corrected chi connectivity index (χ3v) is 8.69. The van der Waals surface area contributed by atoms with E-state index in [1.165, 1.54) is 15.9 Å². The number of amides is 3. The molecule has 0 radical (unpaired) electrons. The van der Waals surface area contributed by atoms with E-state index in [9.17, 15) is 14.4 Å². The number of hydrogen-bond donors (Lipinski definition) is 0. The number of likely N-dealkylation sites (tertiary alicyclic amines) is 1. The number of carbonyl (C=O) groups is 3. The fourth-order valence-corrected chi connectivity index (χ4v) is 6.89. The molecule has 2 aromatic carbocycles. The average molecular weight is 516 g/mol. The van der Waals surface area contributed by atoms with Gasteiger partial charge in [0, 0.05) is 10.0 Å². The van der Waals surface area contributed by atoms with Gasteiger partial charge in [0.15, 0.2) is 0 Å². The molecule has 0 spiro atoms. The van der Waals surface area contributed by atoms with Crippen LogP contribution in [0.4, 0.5) is 5.69 Å². The number of benzene rings is 2. The van der Waals surface area contributed by atoms with E-state index < -0.39 is 5.91 Å². The van der Waals surface area contributed by atoms with Crippen LogP contribution in [0.25, 0.3) is 0 Å². The van der Waals surface area contributed by atoms with Crippen molar-refractivity contribution in [3.63, 3.8) is 0 Å². The Labute approximate surface area is 212 Å². The molecule has 1 heterocycles.